The first-order chi connectivity index (χ1) is 8.74. The topological polar surface area (TPSA) is 29.3 Å². The van der Waals surface area contributed by atoms with Crippen LogP contribution in [-0.4, -0.2) is 6.54 Å². The second-order valence-electron chi connectivity index (χ2n) is 4.64. The minimum Gasteiger partial charge on any atom is -0.397 e. The van der Waals surface area contributed by atoms with Crippen molar-refractivity contribution < 1.29 is 4.39 Å². The van der Waals surface area contributed by atoms with E-state index in [1.807, 2.05) is 6.07 Å². The molecule has 1 heterocycles. The number of nitrogens with two attached hydrogens (primary N) is 1. The summed E-state index contributed by atoms with van der Waals surface area (Å²) >= 11 is 0. The van der Waals surface area contributed by atoms with Gasteiger partial charge in [-0.05, 0) is 35.7 Å². The molecular formula is C15H15FN2. The number of fused-ring (bicyclic) bond motifs is 1. The maximum atomic E-state index is 13.3. The van der Waals surface area contributed by atoms with Crippen LogP contribution >= 0.6 is 0 Å². The quantitative estimate of drug-likeness (QED) is 0.779. The summed E-state index contributed by atoms with van der Waals surface area (Å²) in [6.45, 7) is 1.68. The van der Waals surface area contributed by atoms with Crippen molar-refractivity contribution in [3.63, 3.8) is 0 Å². The summed E-state index contributed by atoms with van der Waals surface area (Å²) in [5.41, 5.74) is 10.0. The van der Waals surface area contributed by atoms with Crippen molar-refractivity contribution >= 4 is 11.4 Å². The van der Waals surface area contributed by atoms with Gasteiger partial charge in [-0.2, -0.15) is 0 Å². The van der Waals surface area contributed by atoms with Crippen LogP contribution in [0.2, 0.25) is 0 Å². The van der Waals surface area contributed by atoms with Crippen LogP contribution in [0.5, 0.6) is 0 Å². The van der Waals surface area contributed by atoms with E-state index in [-0.39, 0.29) is 5.82 Å². The van der Waals surface area contributed by atoms with Gasteiger partial charge in [0.25, 0.3) is 0 Å². The van der Waals surface area contributed by atoms with Crippen molar-refractivity contribution in [3.8, 4) is 0 Å². The summed E-state index contributed by atoms with van der Waals surface area (Å²) < 4.78 is 13.3. The SMILES string of the molecule is Nc1ccc(F)cc1N1CCc2ccccc2C1. The number of halogens is 1. The Kier molecular flexibility index (Phi) is 2.67. The first-order valence-electron chi connectivity index (χ1n) is 6.11. The summed E-state index contributed by atoms with van der Waals surface area (Å²) in [5, 5.41) is 0. The van der Waals surface area contributed by atoms with Gasteiger partial charge in [-0.3, -0.25) is 0 Å². The molecule has 92 valence electrons. The van der Waals surface area contributed by atoms with Gasteiger partial charge in [0.2, 0.25) is 0 Å². The number of hydrogen-bond acceptors (Lipinski definition) is 2. The average Bonchev–Trinajstić information content (AvgIpc) is 2.41. The van der Waals surface area contributed by atoms with E-state index in [2.05, 4.69) is 23.1 Å². The number of nitrogen functional groups attached to an aromatic ring is 1. The molecule has 0 bridgehead atoms. The Balaban J connectivity index is 1.94. The molecule has 0 fully saturated rings. The molecule has 2 N–H and O–H groups in total. The van der Waals surface area contributed by atoms with Crippen LogP contribution in [0.15, 0.2) is 42.5 Å². The summed E-state index contributed by atoms with van der Waals surface area (Å²) in [6, 6.07) is 12.9. The monoisotopic (exact) mass is 242 g/mol. The Morgan fingerprint density at radius 3 is 2.67 bits per heavy atom. The third-order valence-corrected chi connectivity index (χ3v) is 3.46. The molecule has 0 aliphatic carbocycles. The van der Waals surface area contributed by atoms with Gasteiger partial charge in [0, 0.05) is 13.1 Å². The van der Waals surface area contributed by atoms with Crippen LogP contribution < -0.4 is 10.6 Å². The van der Waals surface area contributed by atoms with E-state index >= 15 is 0 Å². The molecule has 3 rings (SSSR count). The molecule has 1 aliphatic rings. The lowest BCUT2D eigenvalue weighted by molar-refractivity contribution is 0.625. The normalized spacial score (nSPS) is 14.4. The lowest BCUT2D eigenvalue weighted by Crippen LogP contribution is -2.30. The Morgan fingerprint density at radius 2 is 1.83 bits per heavy atom. The molecule has 0 radical (unpaired) electrons. The maximum Gasteiger partial charge on any atom is 0.125 e. The van der Waals surface area contributed by atoms with Crippen molar-refractivity contribution in [1.29, 1.82) is 0 Å². The van der Waals surface area contributed by atoms with Crippen LogP contribution in [0.1, 0.15) is 11.1 Å². The van der Waals surface area contributed by atoms with Crippen molar-refractivity contribution in [2.45, 2.75) is 13.0 Å². The molecule has 0 aromatic heterocycles. The zero-order valence-corrected chi connectivity index (χ0v) is 10.1. The Bertz CT molecular complexity index is 580. The van der Waals surface area contributed by atoms with Crippen molar-refractivity contribution in [1.82, 2.24) is 0 Å². The number of hydrogen-bond donors (Lipinski definition) is 1. The Morgan fingerprint density at radius 1 is 1.06 bits per heavy atom. The van der Waals surface area contributed by atoms with E-state index < -0.39 is 0 Å². The molecule has 2 aromatic rings. The lowest BCUT2D eigenvalue weighted by atomic mass is 9.99. The number of anilines is 2. The van der Waals surface area contributed by atoms with Crippen LogP contribution in [0.3, 0.4) is 0 Å². The summed E-state index contributed by atoms with van der Waals surface area (Å²) in [7, 11) is 0. The minimum atomic E-state index is -0.238. The van der Waals surface area contributed by atoms with Gasteiger partial charge in [-0.15, -0.1) is 0 Å². The van der Waals surface area contributed by atoms with Crippen molar-refractivity contribution in [2.24, 2.45) is 0 Å². The minimum absolute atomic E-state index is 0.238. The van der Waals surface area contributed by atoms with E-state index in [0.717, 1.165) is 25.2 Å². The van der Waals surface area contributed by atoms with E-state index in [1.54, 1.807) is 6.07 Å². The second kappa shape index (κ2) is 4.33. The largest absolute Gasteiger partial charge is 0.397 e. The van der Waals surface area contributed by atoms with Gasteiger partial charge in [-0.25, -0.2) is 4.39 Å². The fraction of sp³-hybridized carbons (Fsp3) is 0.200. The molecule has 0 atom stereocenters. The smallest absolute Gasteiger partial charge is 0.125 e. The highest BCUT2D eigenvalue weighted by atomic mass is 19.1. The first-order valence-corrected chi connectivity index (χ1v) is 6.11. The molecule has 3 heteroatoms. The van der Waals surface area contributed by atoms with Crippen LogP contribution in [0.4, 0.5) is 15.8 Å². The molecule has 0 spiro atoms. The van der Waals surface area contributed by atoms with E-state index in [9.17, 15) is 4.39 Å². The molecule has 2 nitrogen and oxygen atoms in total. The van der Waals surface area contributed by atoms with Crippen LogP contribution in [-0.2, 0) is 13.0 Å². The van der Waals surface area contributed by atoms with Gasteiger partial charge in [-0.1, -0.05) is 24.3 Å². The number of rotatable bonds is 1. The molecule has 0 saturated heterocycles. The number of benzene rings is 2. The zero-order valence-electron chi connectivity index (χ0n) is 10.1. The molecular weight excluding hydrogens is 227 g/mol. The fourth-order valence-corrected chi connectivity index (χ4v) is 2.49. The van der Waals surface area contributed by atoms with Crippen LogP contribution in [0, 0.1) is 5.82 Å². The van der Waals surface area contributed by atoms with Gasteiger partial charge in [0.05, 0.1) is 11.4 Å². The second-order valence-corrected chi connectivity index (χ2v) is 4.64. The highest BCUT2D eigenvalue weighted by Crippen LogP contribution is 2.29. The van der Waals surface area contributed by atoms with Crippen LogP contribution in [0.25, 0.3) is 0 Å². The summed E-state index contributed by atoms with van der Waals surface area (Å²) in [6.07, 6.45) is 0.978. The zero-order chi connectivity index (χ0) is 12.5. The van der Waals surface area contributed by atoms with Gasteiger partial charge >= 0.3 is 0 Å². The highest BCUT2D eigenvalue weighted by Gasteiger charge is 2.18. The Labute approximate surface area is 106 Å². The van der Waals surface area contributed by atoms with E-state index in [4.69, 9.17) is 5.73 Å². The van der Waals surface area contributed by atoms with E-state index in [0.29, 0.717) is 5.69 Å². The summed E-state index contributed by atoms with van der Waals surface area (Å²) in [4.78, 5) is 2.14. The molecule has 2 aromatic carbocycles. The van der Waals surface area contributed by atoms with Crippen molar-refractivity contribution in [3.05, 3.63) is 59.4 Å². The Hall–Kier alpha value is -2.03. The third-order valence-electron chi connectivity index (χ3n) is 3.46. The third kappa shape index (κ3) is 1.92. The van der Waals surface area contributed by atoms with Crippen molar-refractivity contribution in [2.75, 3.05) is 17.2 Å². The first kappa shape index (κ1) is 11.1. The molecule has 1 aliphatic heterocycles. The molecule has 18 heavy (non-hydrogen) atoms. The molecule has 0 amide bonds. The highest BCUT2D eigenvalue weighted by molar-refractivity contribution is 5.68. The van der Waals surface area contributed by atoms with Gasteiger partial charge in [0.1, 0.15) is 5.82 Å². The fourth-order valence-electron chi connectivity index (χ4n) is 2.49. The predicted octanol–water partition coefficient (Wildman–Crippen LogP) is 2.97. The average molecular weight is 242 g/mol. The summed E-state index contributed by atoms with van der Waals surface area (Å²) in [5.74, 6) is -0.238. The van der Waals surface area contributed by atoms with Gasteiger partial charge in [0.15, 0.2) is 0 Å². The standard InChI is InChI=1S/C15H15FN2/c16-13-5-6-14(17)15(9-13)18-8-7-11-3-1-2-4-12(11)10-18/h1-6,9H,7-8,10,17H2. The molecule has 0 saturated carbocycles. The molecule has 0 unspecified atom stereocenters. The maximum absolute atomic E-state index is 13.3. The predicted molar refractivity (Wildman–Crippen MR) is 72.0 cm³/mol. The number of nitrogens with zero attached hydrogens (tertiary/aromatic N) is 1. The van der Waals surface area contributed by atoms with Gasteiger partial charge < -0.3 is 10.6 Å². The lowest BCUT2D eigenvalue weighted by Gasteiger charge is -2.31. The van der Waals surface area contributed by atoms with E-state index in [1.165, 1.54) is 23.3 Å².